The van der Waals surface area contributed by atoms with Crippen molar-refractivity contribution < 1.29 is 9.32 Å². The van der Waals surface area contributed by atoms with Crippen LogP contribution in [0.25, 0.3) is 21.7 Å². The molecule has 0 aliphatic heterocycles. The van der Waals surface area contributed by atoms with E-state index in [1.807, 2.05) is 79.7 Å². The molecular formula is C20H17N3O2. The molecule has 5 heteroatoms. The molecule has 0 radical (unpaired) electrons. The summed E-state index contributed by atoms with van der Waals surface area (Å²) in [5, 5.41) is 9.82. The van der Waals surface area contributed by atoms with Gasteiger partial charge in [-0.3, -0.25) is 4.79 Å². The maximum Gasteiger partial charge on any atom is 0.256 e. The first-order valence-corrected chi connectivity index (χ1v) is 7.99. The second kappa shape index (κ2) is 5.94. The number of rotatable bonds is 3. The first-order chi connectivity index (χ1) is 12.1. The van der Waals surface area contributed by atoms with Crippen LogP contribution in [0.4, 0.5) is 11.5 Å². The third-order valence-corrected chi connectivity index (χ3v) is 4.20. The minimum Gasteiger partial charge on any atom is -0.377 e. The van der Waals surface area contributed by atoms with E-state index in [4.69, 9.17) is 4.52 Å². The highest BCUT2D eigenvalue weighted by molar-refractivity contribution is 6.11. The van der Waals surface area contributed by atoms with Crippen LogP contribution in [0.1, 0.15) is 10.4 Å². The van der Waals surface area contributed by atoms with Gasteiger partial charge in [0.15, 0.2) is 11.4 Å². The fraction of sp³-hybridized carbons (Fsp3) is 0.100. The minimum absolute atomic E-state index is 0.213. The van der Waals surface area contributed by atoms with Crippen molar-refractivity contribution in [3.05, 3.63) is 66.2 Å². The zero-order valence-corrected chi connectivity index (χ0v) is 14.0. The lowest BCUT2D eigenvalue weighted by molar-refractivity contribution is 0.102. The molecule has 1 N–H and O–H groups in total. The third kappa shape index (κ3) is 2.70. The molecule has 4 aromatic rings. The first kappa shape index (κ1) is 15.2. The molecule has 4 rings (SSSR count). The molecule has 3 aromatic carbocycles. The zero-order chi connectivity index (χ0) is 17.4. The molecule has 0 aliphatic rings. The molecule has 25 heavy (non-hydrogen) atoms. The van der Waals surface area contributed by atoms with Gasteiger partial charge in [0.2, 0.25) is 0 Å². The van der Waals surface area contributed by atoms with Crippen LogP contribution in [-0.4, -0.2) is 25.2 Å². The minimum atomic E-state index is -0.213. The van der Waals surface area contributed by atoms with Crippen LogP contribution < -0.4 is 10.2 Å². The van der Waals surface area contributed by atoms with E-state index >= 15 is 0 Å². The van der Waals surface area contributed by atoms with Crippen molar-refractivity contribution in [2.45, 2.75) is 0 Å². The highest BCUT2D eigenvalue weighted by atomic mass is 16.5. The highest BCUT2D eigenvalue weighted by Gasteiger charge is 2.17. The van der Waals surface area contributed by atoms with Gasteiger partial charge in [0.25, 0.3) is 5.91 Å². The summed E-state index contributed by atoms with van der Waals surface area (Å²) in [6, 6.07) is 19.3. The van der Waals surface area contributed by atoms with E-state index in [2.05, 4.69) is 10.5 Å². The van der Waals surface area contributed by atoms with Crippen LogP contribution in [0.2, 0.25) is 0 Å². The lowest BCUT2D eigenvalue weighted by Crippen LogP contribution is -2.13. The summed E-state index contributed by atoms with van der Waals surface area (Å²) in [7, 11) is 3.88. The number of nitrogens with zero attached hydrogens (tertiary/aromatic N) is 2. The molecule has 0 saturated heterocycles. The third-order valence-electron chi connectivity index (χ3n) is 4.20. The van der Waals surface area contributed by atoms with Gasteiger partial charge in [-0.15, -0.1) is 0 Å². The zero-order valence-electron chi connectivity index (χ0n) is 14.0. The Morgan fingerprint density at radius 3 is 2.60 bits per heavy atom. The van der Waals surface area contributed by atoms with Crippen molar-refractivity contribution in [1.29, 1.82) is 0 Å². The number of carbonyl (C=O) groups is 1. The van der Waals surface area contributed by atoms with Crippen molar-refractivity contribution in [3.8, 4) is 0 Å². The van der Waals surface area contributed by atoms with Crippen LogP contribution in [0, 0.1) is 0 Å². The second-order valence-corrected chi connectivity index (χ2v) is 6.09. The van der Waals surface area contributed by atoms with Crippen LogP contribution in [-0.2, 0) is 0 Å². The summed E-state index contributed by atoms with van der Waals surface area (Å²) in [5.74, 6) is 0.215. The SMILES string of the molecule is CN(C)c1cccc2onc(NC(=O)c3ccc4ccccc4c3)c12. The number of anilines is 2. The van der Waals surface area contributed by atoms with Gasteiger partial charge in [0.05, 0.1) is 11.1 Å². The van der Waals surface area contributed by atoms with E-state index in [-0.39, 0.29) is 5.91 Å². The Morgan fingerprint density at radius 2 is 1.80 bits per heavy atom. The first-order valence-electron chi connectivity index (χ1n) is 7.99. The van der Waals surface area contributed by atoms with Crippen molar-refractivity contribution in [2.75, 3.05) is 24.3 Å². The van der Waals surface area contributed by atoms with Crippen molar-refractivity contribution in [1.82, 2.24) is 5.16 Å². The Hall–Kier alpha value is -3.34. The Labute approximate surface area is 144 Å². The highest BCUT2D eigenvalue weighted by Crippen LogP contribution is 2.32. The number of hydrogen-bond donors (Lipinski definition) is 1. The van der Waals surface area contributed by atoms with Crippen LogP contribution >= 0.6 is 0 Å². The number of carbonyl (C=O) groups excluding carboxylic acids is 1. The normalized spacial score (nSPS) is 11.0. The summed E-state index contributed by atoms with van der Waals surface area (Å²) < 4.78 is 5.36. The van der Waals surface area contributed by atoms with Gasteiger partial charge in [0.1, 0.15) is 0 Å². The maximum absolute atomic E-state index is 12.7. The van der Waals surface area contributed by atoms with Gasteiger partial charge in [0, 0.05) is 19.7 Å². The smallest absolute Gasteiger partial charge is 0.256 e. The Bertz CT molecular complexity index is 1080. The molecular weight excluding hydrogens is 314 g/mol. The maximum atomic E-state index is 12.7. The molecule has 1 aromatic heterocycles. The molecule has 0 spiro atoms. The Balaban J connectivity index is 1.71. The molecule has 0 unspecified atom stereocenters. The average molecular weight is 331 g/mol. The van der Waals surface area contributed by atoms with Gasteiger partial charge < -0.3 is 14.7 Å². The fourth-order valence-electron chi connectivity index (χ4n) is 2.94. The number of benzene rings is 3. The Kier molecular flexibility index (Phi) is 3.61. The lowest BCUT2D eigenvalue weighted by Gasteiger charge is -2.13. The molecule has 1 heterocycles. The van der Waals surface area contributed by atoms with Crippen molar-refractivity contribution in [2.24, 2.45) is 0 Å². The van der Waals surface area contributed by atoms with Gasteiger partial charge in [-0.2, -0.15) is 0 Å². The number of aromatic nitrogens is 1. The largest absolute Gasteiger partial charge is 0.377 e. The van der Waals surface area contributed by atoms with Gasteiger partial charge in [-0.25, -0.2) is 0 Å². The second-order valence-electron chi connectivity index (χ2n) is 6.09. The van der Waals surface area contributed by atoms with E-state index in [0.29, 0.717) is 17.0 Å². The van der Waals surface area contributed by atoms with Gasteiger partial charge in [-0.1, -0.05) is 41.6 Å². The summed E-state index contributed by atoms with van der Waals surface area (Å²) in [6.07, 6.45) is 0. The topological polar surface area (TPSA) is 58.4 Å². The average Bonchev–Trinajstić information content (AvgIpc) is 3.04. The molecule has 0 saturated carbocycles. The van der Waals surface area contributed by atoms with E-state index < -0.39 is 0 Å². The number of nitrogens with one attached hydrogen (secondary N) is 1. The van der Waals surface area contributed by atoms with Crippen LogP contribution in [0.15, 0.2) is 65.2 Å². The quantitative estimate of drug-likeness (QED) is 0.608. The summed E-state index contributed by atoms with van der Waals surface area (Å²) >= 11 is 0. The molecule has 1 amide bonds. The molecule has 0 fully saturated rings. The van der Waals surface area contributed by atoms with Crippen LogP contribution in [0.5, 0.6) is 0 Å². The van der Waals surface area contributed by atoms with E-state index in [1.165, 1.54) is 0 Å². The lowest BCUT2D eigenvalue weighted by atomic mass is 10.1. The van der Waals surface area contributed by atoms with Crippen molar-refractivity contribution >= 4 is 39.2 Å². The number of fused-ring (bicyclic) bond motifs is 2. The standard InChI is InChI=1S/C20H17N3O2/c1-23(2)16-8-5-9-17-18(16)19(22-25-17)21-20(24)15-11-10-13-6-3-4-7-14(13)12-15/h3-12H,1-2H3,(H,21,22,24). The predicted molar refractivity (Wildman–Crippen MR) is 100 cm³/mol. The summed E-state index contributed by atoms with van der Waals surface area (Å²) in [6.45, 7) is 0. The number of amides is 1. The molecule has 0 bridgehead atoms. The van der Waals surface area contributed by atoms with Crippen LogP contribution in [0.3, 0.4) is 0 Å². The van der Waals surface area contributed by atoms with Gasteiger partial charge >= 0.3 is 0 Å². The summed E-state index contributed by atoms with van der Waals surface area (Å²) in [4.78, 5) is 14.6. The summed E-state index contributed by atoms with van der Waals surface area (Å²) in [5.41, 5.74) is 2.16. The van der Waals surface area contributed by atoms with E-state index in [1.54, 1.807) is 0 Å². The Morgan fingerprint density at radius 1 is 1.00 bits per heavy atom. The van der Waals surface area contributed by atoms with Gasteiger partial charge in [-0.05, 0) is 35.0 Å². The van der Waals surface area contributed by atoms with E-state index in [0.717, 1.165) is 21.8 Å². The molecule has 0 aliphatic carbocycles. The van der Waals surface area contributed by atoms with Crippen molar-refractivity contribution in [3.63, 3.8) is 0 Å². The number of hydrogen-bond acceptors (Lipinski definition) is 4. The molecule has 124 valence electrons. The predicted octanol–water partition coefficient (Wildman–Crippen LogP) is 4.30. The fourth-order valence-corrected chi connectivity index (χ4v) is 2.94. The van der Waals surface area contributed by atoms with E-state index in [9.17, 15) is 4.79 Å². The molecule has 5 nitrogen and oxygen atoms in total. The molecule has 0 atom stereocenters. The monoisotopic (exact) mass is 331 g/mol.